The van der Waals surface area contributed by atoms with Crippen LogP contribution in [0.3, 0.4) is 0 Å². The number of carbonyl (C=O) groups excluding carboxylic acids is 1. The van der Waals surface area contributed by atoms with Gasteiger partial charge >= 0.3 is 0 Å². The first-order chi connectivity index (χ1) is 14.2. The van der Waals surface area contributed by atoms with Crippen LogP contribution in [0.15, 0.2) is 71.6 Å². The van der Waals surface area contributed by atoms with Gasteiger partial charge in [0.1, 0.15) is 5.82 Å². The second-order valence-electron chi connectivity index (χ2n) is 7.74. The number of amides is 1. The molecule has 29 heavy (non-hydrogen) atoms. The fraction of sp³-hybridized carbons (Fsp3) is 0.333. The number of thiophene rings is 1. The monoisotopic (exact) mass is 405 g/mol. The smallest absolute Gasteiger partial charge is 0.260 e. The predicted molar refractivity (Wildman–Crippen MR) is 120 cm³/mol. The van der Waals surface area contributed by atoms with E-state index in [0.29, 0.717) is 5.92 Å². The Labute approximate surface area is 176 Å². The number of piperidine rings is 1. The molecule has 1 amide bonds. The molecule has 1 saturated heterocycles. The van der Waals surface area contributed by atoms with Crippen molar-refractivity contribution in [3.63, 3.8) is 0 Å². The number of hydrogen-bond donors (Lipinski definition) is 0. The van der Waals surface area contributed by atoms with Gasteiger partial charge in [-0.3, -0.25) is 9.69 Å². The Morgan fingerprint density at radius 1 is 1.17 bits per heavy atom. The van der Waals surface area contributed by atoms with Gasteiger partial charge in [0, 0.05) is 37.3 Å². The number of hydrogen-bond acceptors (Lipinski definition) is 4. The highest BCUT2D eigenvalue weighted by atomic mass is 32.1. The molecule has 1 aromatic carbocycles. The highest BCUT2D eigenvalue weighted by Gasteiger charge is 2.35. The van der Waals surface area contributed by atoms with Crippen molar-refractivity contribution in [2.24, 2.45) is 5.92 Å². The van der Waals surface area contributed by atoms with E-state index >= 15 is 0 Å². The molecule has 0 saturated carbocycles. The van der Waals surface area contributed by atoms with Crippen molar-refractivity contribution in [1.82, 2.24) is 9.88 Å². The van der Waals surface area contributed by atoms with E-state index in [2.05, 4.69) is 47.1 Å². The standard InChI is InChI=1S/C24H27N3OS/c1-19-17-26(14-10-20-7-3-2-4-8-20)15-11-22(19)27(23-9-5-6-13-25-23)24(28)21-12-16-29-18-21/h2-9,12-13,16,18-19,22H,10-11,14-15,17H2,1H3/t19-,22-/m0/s1. The van der Waals surface area contributed by atoms with E-state index in [9.17, 15) is 4.79 Å². The summed E-state index contributed by atoms with van der Waals surface area (Å²) in [6.45, 7) is 5.32. The van der Waals surface area contributed by atoms with Crippen LogP contribution in [-0.2, 0) is 6.42 Å². The van der Waals surface area contributed by atoms with Gasteiger partial charge in [0.2, 0.25) is 0 Å². The molecular weight excluding hydrogens is 378 g/mol. The summed E-state index contributed by atoms with van der Waals surface area (Å²) in [5.41, 5.74) is 2.13. The van der Waals surface area contributed by atoms with Gasteiger partial charge in [-0.25, -0.2) is 4.98 Å². The minimum Gasteiger partial charge on any atom is -0.303 e. The lowest BCUT2D eigenvalue weighted by molar-refractivity contribution is 0.0932. The first-order valence-corrected chi connectivity index (χ1v) is 11.2. The first kappa shape index (κ1) is 19.8. The summed E-state index contributed by atoms with van der Waals surface area (Å²) in [6.07, 6.45) is 3.79. The van der Waals surface area contributed by atoms with Crippen LogP contribution in [0.5, 0.6) is 0 Å². The third-order valence-corrected chi connectivity index (χ3v) is 6.40. The van der Waals surface area contributed by atoms with Gasteiger partial charge in [-0.05, 0) is 47.9 Å². The van der Waals surface area contributed by atoms with Crippen molar-refractivity contribution < 1.29 is 4.79 Å². The third kappa shape index (κ3) is 4.74. The van der Waals surface area contributed by atoms with E-state index in [4.69, 9.17) is 0 Å². The SMILES string of the molecule is C[C@H]1CN(CCc2ccccc2)CC[C@@H]1N(C(=O)c1ccsc1)c1ccccn1. The molecule has 1 aliphatic heterocycles. The summed E-state index contributed by atoms with van der Waals surface area (Å²) in [7, 11) is 0. The molecule has 0 unspecified atom stereocenters. The van der Waals surface area contributed by atoms with Gasteiger partial charge < -0.3 is 4.90 Å². The fourth-order valence-corrected chi connectivity index (χ4v) is 4.81. The van der Waals surface area contributed by atoms with E-state index in [1.165, 1.54) is 5.56 Å². The topological polar surface area (TPSA) is 36.4 Å². The van der Waals surface area contributed by atoms with Crippen molar-refractivity contribution in [1.29, 1.82) is 0 Å². The predicted octanol–water partition coefficient (Wildman–Crippen LogP) is 4.74. The largest absolute Gasteiger partial charge is 0.303 e. The molecule has 0 radical (unpaired) electrons. The summed E-state index contributed by atoms with van der Waals surface area (Å²) < 4.78 is 0. The maximum atomic E-state index is 13.3. The first-order valence-electron chi connectivity index (χ1n) is 10.3. The molecule has 1 aliphatic rings. The zero-order chi connectivity index (χ0) is 20.1. The van der Waals surface area contributed by atoms with Crippen molar-refractivity contribution in [2.75, 3.05) is 24.5 Å². The minimum atomic E-state index is 0.0551. The summed E-state index contributed by atoms with van der Waals surface area (Å²) in [5, 5.41) is 3.89. The number of likely N-dealkylation sites (tertiary alicyclic amines) is 1. The molecular formula is C24H27N3OS. The summed E-state index contributed by atoms with van der Waals surface area (Å²) >= 11 is 1.56. The summed E-state index contributed by atoms with van der Waals surface area (Å²) in [4.78, 5) is 22.3. The van der Waals surface area contributed by atoms with Crippen LogP contribution in [-0.4, -0.2) is 41.5 Å². The molecule has 0 bridgehead atoms. The Hall–Kier alpha value is -2.50. The van der Waals surface area contributed by atoms with Crippen molar-refractivity contribution in [3.8, 4) is 0 Å². The van der Waals surface area contributed by atoms with Crippen LogP contribution in [0, 0.1) is 5.92 Å². The Balaban J connectivity index is 1.47. The number of nitrogens with zero attached hydrogens (tertiary/aromatic N) is 3. The van der Waals surface area contributed by atoms with E-state index < -0.39 is 0 Å². The van der Waals surface area contributed by atoms with Gasteiger partial charge in [-0.2, -0.15) is 11.3 Å². The number of pyridine rings is 1. The van der Waals surface area contributed by atoms with Gasteiger partial charge in [0.05, 0.1) is 5.56 Å². The van der Waals surface area contributed by atoms with Crippen LogP contribution in [0.25, 0.3) is 0 Å². The van der Waals surface area contributed by atoms with E-state index in [0.717, 1.165) is 43.9 Å². The van der Waals surface area contributed by atoms with Crippen molar-refractivity contribution >= 4 is 23.1 Å². The van der Waals surface area contributed by atoms with Gasteiger partial charge in [0.25, 0.3) is 5.91 Å². The Morgan fingerprint density at radius 2 is 2.00 bits per heavy atom. The molecule has 0 N–H and O–H groups in total. The van der Waals surface area contributed by atoms with Crippen LogP contribution < -0.4 is 4.90 Å². The Kier molecular flexibility index (Phi) is 6.37. The molecule has 150 valence electrons. The lowest BCUT2D eigenvalue weighted by Gasteiger charge is -2.42. The molecule has 5 heteroatoms. The molecule has 1 fully saturated rings. The van der Waals surface area contributed by atoms with E-state index in [1.54, 1.807) is 17.5 Å². The summed E-state index contributed by atoms with van der Waals surface area (Å²) in [5.74, 6) is 1.18. The lowest BCUT2D eigenvalue weighted by Crippen LogP contribution is -2.53. The van der Waals surface area contributed by atoms with Gasteiger partial charge in [-0.1, -0.05) is 43.3 Å². The average Bonchev–Trinajstić information content (AvgIpc) is 3.30. The lowest BCUT2D eigenvalue weighted by atomic mass is 9.91. The van der Waals surface area contributed by atoms with Gasteiger partial charge in [0.15, 0.2) is 0 Å². The molecule has 2 aromatic heterocycles. The molecule has 3 heterocycles. The normalized spacial score (nSPS) is 19.8. The molecule has 4 rings (SSSR count). The molecule has 2 atom stereocenters. The van der Waals surface area contributed by atoms with E-state index in [-0.39, 0.29) is 11.9 Å². The Morgan fingerprint density at radius 3 is 2.69 bits per heavy atom. The van der Waals surface area contributed by atoms with Crippen LogP contribution in [0.1, 0.15) is 29.3 Å². The third-order valence-electron chi connectivity index (χ3n) is 5.72. The van der Waals surface area contributed by atoms with Crippen molar-refractivity contribution in [3.05, 3.63) is 82.7 Å². The highest BCUT2D eigenvalue weighted by molar-refractivity contribution is 7.08. The second-order valence-corrected chi connectivity index (χ2v) is 8.52. The molecule has 0 spiro atoms. The second kappa shape index (κ2) is 9.33. The van der Waals surface area contributed by atoms with Crippen LogP contribution in [0.2, 0.25) is 0 Å². The zero-order valence-corrected chi connectivity index (χ0v) is 17.6. The van der Waals surface area contributed by atoms with Crippen LogP contribution >= 0.6 is 11.3 Å². The molecule has 3 aromatic rings. The van der Waals surface area contributed by atoms with E-state index in [1.807, 2.05) is 39.9 Å². The molecule has 4 nitrogen and oxygen atoms in total. The maximum absolute atomic E-state index is 13.3. The number of aromatic nitrogens is 1. The summed E-state index contributed by atoms with van der Waals surface area (Å²) in [6, 6.07) is 18.5. The average molecular weight is 406 g/mol. The Bertz CT molecular complexity index is 898. The number of rotatable bonds is 6. The van der Waals surface area contributed by atoms with Crippen LogP contribution in [0.4, 0.5) is 5.82 Å². The minimum absolute atomic E-state index is 0.0551. The molecule has 0 aliphatic carbocycles. The number of benzene rings is 1. The maximum Gasteiger partial charge on any atom is 0.260 e. The fourth-order valence-electron chi connectivity index (χ4n) is 4.18. The number of carbonyl (C=O) groups is 1. The zero-order valence-electron chi connectivity index (χ0n) is 16.8. The highest BCUT2D eigenvalue weighted by Crippen LogP contribution is 2.28. The quantitative estimate of drug-likeness (QED) is 0.594. The number of anilines is 1. The van der Waals surface area contributed by atoms with Crippen molar-refractivity contribution in [2.45, 2.75) is 25.8 Å². The van der Waals surface area contributed by atoms with Gasteiger partial charge in [-0.15, -0.1) is 0 Å².